The van der Waals surface area contributed by atoms with Gasteiger partial charge in [-0.05, 0) is 13.3 Å². The van der Waals surface area contributed by atoms with Crippen LogP contribution in [-0.2, 0) is 9.53 Å². The monoisotopic (exact) mass is 177 g/mol. The Balaban J connectivity index is 2.31. The smallest absolute Gasteiger partial charge is 0.323 e. The number of halogens is 1. The molecule has 64 valence electrons. The Kier molecular flexibility index (Phi) is 3.15. The van der Waals surface area contributed by atoms with Crippen molar-refractivity contribution in [3.8, 4) is 0 Å². The maximum atomic E-state index is 11.0. The van der Waals surface area contributed by atoms with Gasteiger partial charge in [0, 0.05) is 11.9 Å². The van der Waals surface area contributed by atoms with Crippen molar-refractivity contribution in [3.63, 3.8) is 0 Å². The summed E-state index contributed by atoms with van der Waals surface area (Å²) in [6, 6.07) is -0.183. The van der Waals surface area contributed by atoms with Crippen LogP contribution in [-0.4, -0.2) is 30.5 Å². The van der Waals surface area contributed by atoms with Crippen LogP contribution >= 0.6 is 11.6 Å². The number of ether oxygens (including phenoxy) is 1. The Morgan fingerprint density at radius 2 is 2.55 bits per heavy atom. The van der Waals surface area contributed by atoms with Gasteiger partial charge in [-0.1, -0.05) is 0 Å². The highest BCUT2D eigenvalue weighted by molar-refractivity contribution is 6.21. The van der Waals surface area contributed by atoms with Gasteiger partial charge in [-0.3, -0.25) is 4.79 Å². The van der Waals surface area contributed by atoms with Crippen molar-refractivity contribution in [1.29, 1.82) is 0 Å². The molecule has 0 aliphatic carbocycles. The molecule has 0 aromatic heterocycles. The lowest BCUT2D eigenvalue weighted by Crippen LogP contribution is -2.32. The van der Waals surface area contributed by atoms with E-state index in [2.05, 4.69) is 5.32 Å². The number of nitrogens with one attached hydrogen (secondary N) is 1. The average molecular weight is 178 g/mol. The van der Waals surface area contributed by atoms with E-state index in [-0.39, 0.29) is 17.4 Å². The van der Waals surface area contributed by atoms with Crippen LogP contribution in [0.25, 0.3) is 0 Å². The second kappa shape index (κ2) is 3.93. The van der Waals surface area contributed by atoms with Crippen LogP contribution in [0.1, 0.15) is 13.3 Å². The molecule has 1 rings (SSSR count). The number of carbonyl (C=O) groups is 1. The van der Waals surface area contributed by atoms with Crippen molar-refractivity contribution < 1.29 is 9.53 Å². The molecule has 0 aromatic rings. The standard InChI is InChI=1S/C7H12ClNO2/c1-2-11-7(10)6-3-5(8)4-9-6/h5-6,9H,2-4H2,1H3/t5-,6-/m0/s1. The van der Waals surface area contributed by atoms with E-state index in [0.717, 1.165) is 0 Å². The van der Waals surface area contributed by atoms with Gasteiger partial charge in [0.25, 0.3) is 0 Å². The number of rotatable bonds is 2. The van der Waals surface area contributed by atoms with E-state index in [0.29, 0.717) is 19.6 Å². The van der Waals surface area contributed by atoms with Gasteiger partial charge in [0.15, 0.2) is 0 Å². The fraction of sp³-hybridized carbons (Fsp3) is 0.857. The summed E-state index contributed by atoms with van der Waals surface area (Å²) < 4.78 is 4.81. The number of hydrogen-bond donors (Lipinski definition) is 1. The summed E-state index contributed by atoms with van der Waals surface area (Å²) in [5, 5.41) is 3.06. The quantitative estimate of drug-likeness (QED) is 0.494. The maximum absolute atomic E-state index is 11.0. The van der Waals surface area contributed by atoms with Crippen LogP contribution in [0.4, 0.5) is 0 Å². The highest BCUT2D eigenvalue weighted by Crippen LogP contribution is 2.13. The first-order valence-corrected chi connectivity index (χ1v) is 4.21. The van der Waals surface area contributed by atoms with Crippen molar-refractivity contribution >= 4 is 17.6 Å². The van der Waals surface area contributed by atoms with E-state index in [9.17, 15) is 4.79 Å². The molecule has 3 nitrogen and oxygen atoms in total. The molecule has 4 heteroatoms. The lowest BCUT2D eigenvalue weighted by Gasteiger charge is -2.07. The van der Waals surface area contributed by atoms with Gasteiger partial charge in [-0.2, -0.15) is 0 Å². The third-order valence-electron chi connectivity index (χ3n) is 1.65. The molecule has 1 aliphatic heterocycles. The summed E-state index contributed by atoms with van der Waals surface area (Å²) in [5.74, 6) is -0.185. The molecule has 0 aromatic carbocycles. The lowest BCUT2D eigenvalue weighted by atomic mass is 10.2. The average Bonchev–Trinajstić information content (AvgIpc) is 2.36. The van der Waals surface area contributed by atoms with Crippen molar-refractivity contribution in [3.05, 3.63) is 0 Å². The van der Waals surface area contributed by atoms with Crippen molar-refractivity contribution in [2.24, 2.45) is 0 Å². The van der Waals surface area contributed by atoms with Gasteiger partial charge in [0.2, 0.25) is 0 Å². The van der Waals surface area contributed by atoms with E-state index in [4.69, 9.17) is 16.3 Å². The maximum Gasteiger partial charge on any atom is 0.323 e. The predicted molar refractivity (Wildman–Crippen MR) is 42.7 cm³/mol. The zero-order valence-corrected chi connectivity index (χ0v) is 7.23. The van der Waals surface area contributed by atoms with Crippen molar-refractivity contribution in [2.45, 2.75) is 24.8 Å². The molecule has 1 saturated heterocycles. The van der Waals surface area contributed by atoms with Crippen LogP contribution < -0.4 is 5.32 Å². The molecule has 2 atom stereocenters. The molecule has 1 N–H and O–H groups in total. The minimum absolute atomic E-state index is 0.0735. The number of carbonyl (C=O) groups excluding carboxylic acids is 1. The third-order valence-corrected chi connectivity index (χ3v) is 1.98. The van der Waals surface area contributed by atoms with Crippen molar-refractivity contribution in [1.82, 2.24) is 5.32 Å². The van der Waals surface area contributed by atoms with E-state index in [1.807, 2.05) is 0 Å². The van der Waals surface area contributed by atoms with Gasteiger partial charge in [-0.25, -0.2) is 0 Å². The molecule has 0 amide bonds. The minimum atomic E-state index is -0.185. The van der Waals surface area contributed by atoms with E-state index in [1.54, 1.807) is 6.92 Å². The molecule has 1 heterocycles. The molecule has 0 saturated carbocycles. The number of alkyl halides is 1. The topological polar surface area (TPSA) is 38.3 Å². The van der Waals surface area contributed by atoms with E-state index in [1.165, 1.54) is 0 Å². The summed E-state index contributed by atoms with van der Waals surface area (Å²) in [6.45, 7) is 2.93. The van der Waals surface area contributed by atoms with Gasteiger partial charge >= 0.3 is 5.97 Å². The normalized spacial score (nSPS) is 30.4. The van der Waals surface area contributed by atoms with Gasteiger partial charge in [0.05, 0.1) is 6.61 Å². The minimum Gasteiger partial charge on any atom is -0.465 e. The zero-order chi connectivity index (χ0) is 8.27. The second-order valence-corrected chi connectivity index (χ2v) is 3.16. The van der Waals surface area contributed by atoms with Crippen molar-refractivity contribution in [2.75, 3.05) is 13.2 Å². The Bertz CT molecular complexity index is 151. The molecule has 11 heavy (non-hydrogen) atoms. The van der Waals surface area contributed by atoms with Gasteiger partial charge in [-0.15, -0.1) is 11.6 Å². The Labute approximate surface area is 71.1 Å². The molecular weight excluding hydrogens is 166 g/mol. The largest absolute Gasteiger partial charge is 0.465 e. The first kappa shape index (κ1) is 8.81. The Morgan fingerprint density at radius 3 is 3.00 bits per heavy atom. The number of esters is 1. The summed E-state index contributed by atoms with van der Waals surface area (Å²) in [6.07, 6.45) is 0.681. The second-order valence-electron chi connectivity index (χ2n) is 2.55. The number of hydrogen-bond acceptors (Lipinski definition) is 3. The SMILES string of the molecule is CCOC(=O)[C@@H]1C[C@H](Cl)CN1. The third kappa shape index (κ3) is 2.34. The fourth-order valence-electron chi connectivity index (χ4n) is 1.11. The highest BCUT2D eigenvalue weighted by Gasteiger charge is 2.28. The highest BCUT2D eigenvalue weighted by atomic mass is 35.5. The van der Waals surface area contributed by atoms with Crippen LogP contribution in [0, 0.1) is 0 Å². The first-order valence-electron chi connectivity index (χ1n) is 3.78. The zero-order valence-electron chi connectivity index (χ0n) is 6.47. The molecule has 0 radical (unpaired) electrons. The van der Waals surface area contributed by atoms with Gasteiger partial charge in [0.1, 0.15) is 6.04 Å². The summed E-state index contributed by atoms with van der Waals surface area (Å²) in [7, 11) is 0. The molecule has 0 bridgehead atoms. The predicted octanol–water partition coefficient (Wildman–Crippen LogP) is 0.519. The first-order chi connectivity index (χ1) is 5.24. The summed E-state index contributed by atoms with van der Waals surface area (Å²) in [4.78, 5) is 11.0. The molecule has 0 spiro atoms. The molecule has 1 fully saturated rings. The Morgan fingerprint density at radius 1 is 1.82 bits per heavy atom. The van der Waals surface area contributed by atoms with E-state index >= 15 is 0 Å². The van der Waals surface area contributed by atoms with Crippen LogP contribution in [0.3, 0.4) is 0 Å². The molecule has 0 unspecified atom stereocenters. The van der Waals surface area contributed by atoms with Gasteiger partial charge < -0.3 is 10.1 Å². The molecular formula is C7H12ClNO2. The Hall–Kier alpha value is -0.280. The summed E-state index contributed by atoms with van der Waals surface area (Å²) >= 11 is 5.78. The van der Waals surface area contributed by atoms with E-state index < -0.39 is 0 Å². The summed E-state index contributed by atoms with van der Waals surface area (Å²) in [5.41, 5.74) is 0. The van der Waals surface area contributed by atoms with Crippen LogP contribution in [0.2, 0.25) is 0 Å². The lowest BCUT2D eigenvalue weighted by molar-refractivity contribution is -0.145. The fourth-order valence-corrected chi connectivity index (χ4v) is 1.38. The van der Waals surface area contributed by atoms with Crippen LogP contribution in [0.15, 0.2) is 0 Å². The van der Waals surface area contributed by atoms with Crippen LogP contribution in [0.5, 0.6) is 0 Å². The molecule has 1 aliphatic rings.